The molecule has 0 amide bonds. The molecule has 0 fully saturated rings. The Balaban J connectivity index is 1.77. The van der Waals surface area contributed by atoms with Gasteiger partial charge in [-0.1, -0.05) is 24.3 Å². The van der Waals surface area contributed by atoms with Gasteiger partial charge in [0.25, 0.3) is 0 Å². The predicted molar refractivity (Wildman–Crippen MR) is 109 cm³/mol. The predicted octanol–water partition coefficient (Wildman–Crippen LogP) is 3.53. The highest BCUT2D eigenvalue weighted by Crippen LogP contribution is 2.18. The summed E-state index contributed by atoms with van der Waals surface area (Å²) < 4.78 is 16.5. The van der Waals surface area contributed by atoms with E-state index in [0.717, 1.165) is 17.9 Å². The number of hydrogen-bond donors (Lipinski definition) is 1. The van der Waals surface area contributed by atoms with Crippen LogP contribution in [0.15, 0.2) is 48.5 Å². The molecule has 142 valence electrons. The first-order valence-electron chi connectivity index (χ1n) is 8.65. The van der Waals surface area contributed by atoms with Gasteiger partial charge >= 0.3 is 0 Å². The lowest BCUT2D eigenvalue weighted by Crippen LogP contribution is -2.12. The van der Waals surface area contributed by atoms with E-state index in [1.54, 1.807) is 0 Å². The molecule has 0 radical (unpaired) electrons. The number of alkyl halides is 1. The monoisotopic (exact) mass is 396 g/mol. The van der Waals surface area contributed by atoms with Gasteiger partial charge < -0.3 is 19.3 Å². The Morgan fingerprint density at radius 2 is 1.42 bits per heavy atom. The molecule has 4 nitrogen and oxygen atoms in total. The van der Waals surface area contributed by atoms with E-state index in [1.807, 2.05) is 24.3 Å². The summed E-state index contributed by atoms with van der Waals surface area (Å²) in [6.07, 6.45) is 0.855. The number of ether oxygens (including phenoxy) is 3. The zero-order valence-electron chi connectivity index (χ0n) is 14.8. The molecule has 0 bridgehead atoms. The highest BCUT2D eigenvalue weighted by Gasteiger charge is 2.03. The van der Waals surface area contributed by atoms with Crippen LogP contribution in [0.2, 0.25) is 0 Å². The maximum absolute atomic E-state index is 8.63. The number of halogens is 1. The normalized spacial score (nSPS) is 12.0. The Morgan fingerprint density at radius 3 is 1.96 bits per heavy atom. The van der Waals surface area contributed by atoms with E-state index in [-0.39, 0.29) is 12.3 Å². The average molecular weight is 397 g/mol. The molecule has 26 heavy (non-hydrogen) atoms. The molecule has 0 aliphatic carbocycles. The van der Waals surface area contributed by atoms with E-state index in [1.165, 1.54) is 11.1 Å². The third kappa shape index (κ3) is 7.92. The van der Waals surface area contributed by atoms with E-state index >= 15 is 0 Å². The van der Waals surface area contributed by atoms with E-state index in [0.29, 0.717) is 32.3 Å². The molecule has 6 heteroatoms. The fourth-order valence-electron chi connectivity index (χ4n) is 2.28. The van der Waals surface area contributed by atoms with Gasteiger partial charge in [0.2, 0.25) is 0 Å². The van der Waals surface area contributed by atoms with Crippen molar-refractivity contribution in [1.29, 1.82) is 0 Å². The van der Waals surface area contributed by atoms with Crippen molar-refractivity contribution in [2.45, 2.75) is 12.1 Å². The Kier molecular flexibility index (Phi) is 9.80. The lowest BCUT2D eigenvalue weighted by atomic mass is 10.0. The summed E-state index contributed by atoms with van der Waals surface area (Å²) >= 11 is 5.77. The summed E-state index contributed by atoms with van der Waals surface area (Å²) in [4.78, 5) is 0. The molecule has 0 heterocycles. The lowest BCUT2D eigenvalue weighted by molar-refractivity contribution is 0.0705. The van der Waals surface area contributed by atoms with Crippen molar-refractivity contribution in [2.24, 2.45) is 0 Å². The van der Waals surface area contributed by atoms with Crippen LogP contribution in [0.5, 0.6) is 11.5 Å². The van der Waals surface area contributed by atoms with Gasteiger partial charge in [0, 0.05) is 11.5 Å². The zero-order valence-corrected chi connectivity index (χ0v) is 16.7. The molecule has 0 saturated heterocycles. The molecule has 0 aliphatic heterocycles. The largest absolute Gasteiger partial charge is 0.493 e. The van der Waals surface area contributed by atoms with E-state index in [2.05, 4.69) is 33.5 Å². The topological polar surface area (TPSA) is 47.9 Å². The molecule has 0 saturated carbocycles. The van der Waals surface area contributed by atoms with Crippen molar-refractivity contribution in [3.8, 4) is 11.5 Å². The van der Waals surface area contributed by atoms with Crippen molar-refractivity contribution in [2.75, 3.05) is 38.9 Å². The molecule has 0 spiro atoms. The van der Waals surface area contributed by atoms with Gasteiger partial charge in [0.15, 0.2) is 0 Å². The van der Waals surface area contributed by atoms with E-state index in [9.17, 15) is 0 Å². The van der Waals surface area contributed by atoms with Crippen LogP contribution in [0.3, 0.4) is 0 Å². The maximum atomic E-state index is 8.63. The first kappa shape index (κ1) is 21.0. The first-order chi connectivity index (χ1) is 12.7. The summed E-state index contributed by atoms with van der Waals surface area (Å²) in [7, 11) is 2.68. The van der Waals surface area contributed by atoms with Crippen LogP contribution < -0.4 is 9.47 Å². The molecule has 2 rings (SSSR count). The number of benzene rings is 2. The van der Waals surface area contributed by atoms with Crippen LogP contribution >= 0.6 is 20.8 Å². The molecule has 0 aliphatic rings. The van der Waals surface area contributed by atoms with Crippen LogP contribution in [0.25, 0.3) is 0 Å². The Hall–Kier alpha value is -1.32. The lowest BCUT2D eigenvalue weighted by Gasteiger charge is -2.11. The number of rotatable bonds is 12. The minimum absolute atomic E-state index is 0.0351. The van der Waals surface area contributed by atoms with Crippen LogP contribution in [0.4, 0.5) is 0 Å². The molecule has 2 atom stereocenters. The van der Waals surface area contributed by atoms with Crippen LogP contribution in [-0.2, 0) is 11.2 Å². The minimum Gasteiger partial charge on any atom is -0.493 e. The quantitative estimate of drug-likeness (QED) is 0.339. The van der Waals surface area contributed by atoms with Crippen LogP contribution in [0.1, 0.15) is 11.1 Å². The van der Waals surface area contributed by atoms with Gasteiger partial charge in [0.05, 0.1) is 26.4 Å². The molecule has 1 N–H and O–H groups in total. The summed E-state index contributed by atoms with van der Waals surface area (Å²) in [6, 6.07) is 16.2. The van der Waals surface area contributed by atoms with Crippen molar-refractivity contribution in [3.05, 3.63) is 59.7 Å². The number of hydrogen-bond acceptors (Lipinski definition) is 4. The minimum atomic E-state index is 0.0351. The molecular formula is C20H26ClO4P. The van der Waals surface area contributed by atoms with Crippen molar-refractivity contribution in [3.63, 3.8) is 0 Å². The maximum Gasteiger partial charge on any atom is 0.119 e. The number of aliphatic hydroxyl groups is 1. The van der Waals surface area contributed by atoms with E-state index in [4.69, 9.17) is 30.9 Å². The molecule has 2 unspecified atom stereocenters. The van der Waals surface area contributed by atoms with Crippen molar-refractivity contribution >= 4 is 20.8 Å². The Morgan fingerprint density at radius 1 is 0.846 bits per heavy atom. The van der Waals surface area contributed by atoms with Crippen molar-refractivity contribution in [1.82, 2.24) is 0 Å². The van der Waals surface area contributed by atoms with Gasteiger partial charge in [-0.05, 0) is 41.8 Å². The first-order valence-corrected chi connectivity index (χ1v) is 9.85. The summed E-state index contributed by atoms with van der Waals surface area (Å²) in [5.74, 6) is 2.24. The van der Waals surface area contributed by atoms with Crippen molar-refractivity contribution < 1.29 is 19.3 Å². The third-order valence-electron chi connectivity index (χ3n) is 3.65. The molecule has 2 aromatic rings. The van der Waals surface area contributed by atoms with Gasteiger partial charge in [-0.3, -0.25) is 0 Å². The fourth-order valence-corrected chi connectivity index (χ4v) is 2.46. The third-order valence-corrected chi connectivity index (χ3v) is 4.77. The van der Waals surface area contributed by atoms with Gasteiger partial charge in [-0.2, -0.15) is 0 Å². The van der Waals surface area contributed by atoms with Crippen LogP contribution in [0, 0.1) is 0 Å². The highest BCUT2D eigenvalue weighted by molar-refractivity contribution is 7.17. The van der Waals surface area contributed by atoms with Gasteiger partial charge in [-0.15, -0.1) is 20.8 Å². The second-order valence-electron chi connectivity index (χ2n) is 5.87. The van der Waals surface area contributed by atoms with Gasteiger partial charge in [-0.25, -0.2) is 0 Å². The molecule has 0 aromatic heterocycles. The average Bonchev–Trinajstić information content (AvgIpc) is 2.68. The zero-order chi connectivity index (χ0) is 18.6. The van der Waals surface area contributed by atoms with Crippen LogP contribution in [-0.4, -0.2) is 49.7 Å². The Bertz CT molecular complexity index is 619. The highest BCUT2D eigenvalue weighted by atomic mass is 35.5. The fraction of sp³-hybridized carbons (Fsp3) is 0.400. The second kappa shape index (κ2) is 12.1. The van der Waals surface area contributed by atoms with E-state index < -0.39 is 0 Å². The number of aliphatic hydroxyl groups excluding tert-OH is 1. The summed E-state index contributed by atoms with van der Waals surface area (Å²) in [6.45, 7) is 1.92. The second-order valence-corrected chi connectivity index (χ2v) is 7.13. The summed E-state index contributed by atoms with van der Waals surface area (Å²) in [5.41, 5.74) is 2.70. The van der Waals surface area contributed by atoms with Gasteiger partial charge in [0.1, 0.15) is 18.1 Å². The Labute approximate surface area is 162 Å². The summed E-state index contributed by atoms with van der Waals surface area (Å²) in [5, 5.41) is 8.63. The SMILES string of the molecule is OCCOCCOc1ccc(Cc2ccc(OCC(P)CCl)cc2)cc1. The molecular weight excluding hydrogens is 371 g/mol. The smallest absolute Gasteiger partial charge is 0.119 e. The standard InChI is InChI=1S/C20H26ClO4P/c21-14-20(26)15-25-19-7-3-17(4-8-19)13-16-1-5-18(6-2-16)24-12-11-23-10-9-22/h1-8,20,22H,9-15,26H2. The molecule has 2 aromatic carbocycles.